The van der Waals surface area contributed by atoms with Gasteiger partial charge in [0.25, 0.3) is 5.91 Å². The van der Waals surface area contributed by atoms with Crippen LogP contribution >= 0.6 is 0 Å². The van der Waals surface area contributed by atoms with E-state index in [0.717, 1.165) is 6.20 Å². The third-order valence-electron chi connectivity index (χ3n) is 2.08. The summed E-state index contributed by atoms with van der Waals surface area (Å²) in [7, 11) is 0. The van der Waals surface area contributed by atoms with Gasteiger partial charge in [0.2, 0.25) is 0 Å². The second-order valence-electron chi connectivity index (χ2n) is 3.38. The fourth-order valence-electron chi connectivity index (χ4n) is 1.28. The number of aromatic nitrogens is 3. The van der Waals surface area contributed by atoms with Gasteiger partial charge in [-0.3, -0.25) is 9.78 Å². The van der Waals surface area contributed by atoms with Crippen molar-refractivity contribution in [2.75, 3.05) is 5.32 Å². The largest absolute Gasteiger partial charge is 0.478 e. The summed E-state index contributed by atoms with van der Waals surface area (Å²) in [5.41, 5.74) is -0.282. The summed E-state index contributed by atoms with van der Waals surface area (Å²) >= 11 is 0. The van der Waals surface area contributed by atoms with Gasteiger partial charge in [0, 0.05) is 12.4 Å². The van der Waals surface area contributed by atoms with Crippen molar-refractivity contribution in [2.24, 2.45) is 0 Å². The third-order valence-corrected chi connectivity index (χ3v) is 2.08. The maximum atomic E-state index is 11.6. The number of H-pyrrole nitrogens is 2. The number of carbonyl (C=O) groups excluding carboxylic acids is 1. The van der Waals surface area contributed by atoms with Crippen LogP contribution in [0.5, 0.6) is 0 Å². The minimum atomic E-state index is -1.14. The first kappa shape index (κ1) is 11.6. The van der Waals surface area contributed by atoms with Gasteiger partial charge in [-0.2, -0.15) is 0 Å². The Hall–Kier alpha value is -2.90. The van der Waals surface area contributed by atoms with Crippen molar-refractivity contribution in [1.29, 1.82) is 0 Å². The molecule has 0 aliphatic rings. The summed E-state index contributed by atoms with van der Waals surface area (Å²) in [6.07, 6.45) is 3.68. The van der Waals surface area contributed by atoms with Gasteiger partial charge in [-0.15, -0.1) is 0 Å². The maximum absolute atomic E-state index is 11.6. The average molecular weight is 248 g/mol. The standard InChI is InChI=1S/C10H8N4O4/c15-8(7-4-12-10(18)14-7)13-6-1-5(9(16)17)2-11-3-6/h1-4H,(H,13,15)(H,16,17)(H2,12,14,18). The van der Waals surface area contributed by atoms with Crippen LogP contribution < -0.4 is 11.0 Å². The van der Waals surface area contributed by atoms with E-state index in [2.05, 4.69) is 20.3 Å². The highest BCUT2D eigenvalue weighted by molar-refractivity contribution is 6.03. The highest BCUT2D eigenvalue weighted by atomic mass is 16.4. The Kier molecular flexibility index (Phi) is 2.92. The molecular formula is C10H8N4O4. The zero-order valence-electron chi connectivity index (χ0n) is 8.93. The minimum absolute atomic E-state index is 0.0423. The Morgan fingerprint density at radius 2 is 2.11 bits per heavy atom. The quantitative estimate of drug-likeness (QED) is 0.610. The molecule has 0 spiro atoms. The van der Waals surface area contributed by atoms with Crippen LogP contribution in [0.4, 0.5) is 5.69 Å². The number of aromatic carboxylic acids is 1. The topological polar surface area (TPSA) is 128 Å². The average Bonchev–Trinajstić information content (AvgIpc) is 2.76. The first-order chi connectivity index (χ1) is 8.56. The minimum Gasteiger partial charge on any atom is -0.478 e. The second-order valence-corrected chi connectivity index (χ2v) is 3.38. The number of carboxylic acids is 1. The number of amides is 1. The SMILES string of the molecule is O=C(O)c1cncc(NC(=O)c2c[nH]c(=O)[nH]2)c1. The van der Waals surface area contributed by atoms with E-state index >= 15 is 0 Å². The number of aromatic amines is 2. The molecule has 0 radical (unpaired) electrons. The molecule has 2 aromatic heterocycles. The highest BCUT2D eigenvalue weighted by Gasteiger charge is 2.10. The van der Waals surface area contributed by atoms with Gasteiger partial charge >= 0.3 is 11.7 Å². The van der Waals surface area contributed by atoms with E-state index in [1.165, 1.54) is 18.5 Å². The fourth-order valence-corrected chi connectivity index (χ4v) is 1.28. The Bertz CT molecular complexity index is 658. The first-order valence-corrected chi connectivity index (χ1v) is 4.83. The number of rotatable bonds is 3. The van der Waals surface area contributed by atoms with Gasteiger partial charge in [-0.05, 0) is 6.07 Å². The van der Waals surface area contributed by atoms with Gasteiger partial charge in [0.15, 0.2) is 0 Å². The number of nitrogens with one attached hydrogen (secondary N) is 3. The van der Waals surface area contributed by atoms with Gasteiger partial charge in [-0.25, -0.2) is 9.59 Å². The van der Waals surface area contributed by atoms with Crippen molar-refractivity contribution in [3.05, 3.63) is 46.4 Å². The number of nitrogens with zero attached hydrogens (tertiary/aromatic N) is 1. The van der Waals surface area contributed by atoms with Crippen molar-refractivity contribution in [3.8, 4) is 0 Å². The summed E-state index contributed by atoms with van der Waals surface area (Å²) in [6.45, 7) is 0. The molecule has 1 amide bonds. The smallest absolute Gasteiger partial charge is 0.337 e. The molecule has 0 saturated heterocycles. The second kappa shape index (κ2) is 4.53. The molecular weight excluding hydrogens is 240 g/mol. The van der Waals surface area contributed by atoms with Gasteiger partial charge < -0.3 is 20.4 Å². The Balaban J connectivity index is 2.19. The molecule has 92 valence electrons. The lowest BCUT2D eigenvalue weighted by molar-refractivity contribution is 0.0696. The summed E-state index contributed by atoms with van der Waals surface area (Å²) in [5, 5.41) is 11.2. The lowest BCUT2D eigenvalue weighted by atomic mass is 10.2. The molecule has 2 heterocycles. The van der Waals surface area contributed by atoms with Crippen LogP contribution in [0.3, 0.4) is 0 Å². The van der Waals surface area contributed by atoms with Crippen molar-refractivity contribution in [2.45, 2.75) is 0 Å². The molecule has 8 heteroatoms. The molecule has 0 aromatic carbocycles. The first-order valence-electron chi connectivity index (χ1n) is 4.83. The predicted octanol–water partition coefficient (Wildman–Crippen LogP) is 0.0485. The number of imidazole rings is 1. The summed E-state index contributed by atoms with van der Waals surface area (Å²) < 4.78 is 0. The predicted molar refractivity (Wildman–Crippen MR) is 60.6 cm³/mol. The molecule has 2 aromatic rings. The van der Waals surface area contributed by atoms with Crippen LogP contribution in [0.1, 0.15) is 20.8 Å². The van der Waals surface area contributed by atoms with E-state index in [1.807, 2.05) is 0 Å². The van der Waals surface area contributed by atoms with E-state index in [1.54, 1.807) is 0 Å². The monoisotopic (exact) mass is 248 g/mol. The Morgan fingerprint density at radius 1 is 1.33 bits per heavy atom. The zero-order chi connectivity index (χ0) is 13.1. The number of carbonyl (C=O) groups is 2. The number of hydrogen-bond donors (Lipinski definition) is 4. The molecule has 0 atom stereocenters. The van der Waals surface area contributed by atoms with Crippen molar-refractivity contribution < 1.29 is 14.7 Å². The van der Waals surface area contributed by atoms with Crippen LogP contribution in [-0.2, 0) is 0 Å². The van der Waals surface area contributed by atoms with E-state index < -0.39 is 17.6 Å². The van der Waals surface area contributed by atoms with Crippen LogP contribution in [-0.4, -0.2) is 31.9 Å². The molecule has 18 heavy (non-hydrogen) atoms. The van der Waals surface area contributed by atoms with Gasteiger partial charge in [0.1, 0.15) is 5.69 Å². The summed E-state index contributed by atoms with van der Waals surface area (Å²) in [5.74, 6) is -1.72. The lowest BCUT2D eigenvalue weighted by Crippen LogP contribution is -2.14. The molecule has 2 rings (SSSR count). The van der Waals surface area contributed by atoms with Gasteiger partial charge in [-0.1, -0.05) is 0 Å². The van der Waals surface area contributed by atoms with E-state index in [9.17, 15) is 14.4 Å². The normalized spacial score (nSPS) is 10.0. The summed E-state index contributed by atoms with van der Waals surface area (Å²) in [6, 6.07) is 1.26. The number of carboxylic acid groups (broad SMARTS) is 1. The number of hydrogen-bond acceptors (Lipinski definition) is 4. The van der Waals surface area contributed by atoms with Crippen molar-refractivity contribution >= 4 is 17.6 Å². The molecule has 0 aliphatic heterocycles. The van der Waals surface area contributed by atoms with E-state index in [4.69, 9.17) is 5.11 Å². The molecule has 8 nitrogen and oxygen atoms in total. The Labute approximate surface area is 99.7 Å². The number of pyridine rings is 1. The van der Waals surface area contributed by atoms with Crippen molar-refractivity contribution in [3.63, 3.8) is 0 Å². The third kappa shape index (κ3) is 2.43. The zero-order valence-corrected chi connectivity index (χ0v) is 8.93. The molecule has 0 unspecified atom stereocenters. The van der Waals surface area contributed by atoms with Crippen molar-refractivity contribution in [1.82, 2.24) is 15.0 Å². The molecule has 0 aliphatic carbocycles. The Morgan fingerprint density at radius 3 is 2.72 bits per heavy atom. The van der Waals surface area contributed by atoms with Gasteiger partial charge in [0.05, 0.1) is 17.4 Å². The van der Waals surface area contributed by atoms with Crippen LogP contribution in [0.15, 0.2) is 29.5 Å². The molecule has 4 N–H and O–H groups in total. The van der Waals surface area contributed by atoms with E-state index in [0.29, 0.717) is 0 Å². The van der Waals surface area contributed by atoms with Crippen LogP contribution in [0, 0.1) is 0 Å². The highest BCUT2D eigenvalue weighted by Crippen LogP contribution is 2.09. The fraction of sp³-hybridized carbons (Fsp3) is 0. The summed E-state index contributed by atoms with van der Waals surface area (Å²) in [4.78, 5) is 41.4. The molecule has 0 bridgehead atoms. The number of anilines is 1. The lowest BCUT2D eigenvalue weighted by Gasteiger charge is -2.03. The molecule has 0 fully saturated rings. The van der Waals surface area contributed by atoms with E-state index in [-0.39, 0.29) is 16.9 Å². The molecule has 0 saturated carbocycles. The van der Waals surface area contributed by atoms with Crippen LogP contribution in [0.25, 0.3) is 0 Å². The maximum Gasteiger partial charge on any atom is 0.337 e. The van der Waals surface area contributed by atoms with Crippen LogP contribution in [0.2, 0.25) is 0 Å².